The number of nitrogens with one attached hydrogen (secondary N) is 2. The van der Waals surface area contributed by atoms with Gasteiger partial charge in [0.1, 0.15) is 0 Å². The highest BCUT2D eigenvalue weighted by molar-refractivity contribution is 7.92. The van der Waals surface area contributed by atoms with E-state index >= 15 is 0 Å². The van der Waals surface area contributed by atoms with E-state index in [4.69, 9.17) is 11.6 Å². The first-order chi connectivity index (χ1) is 12.3. The van der Waals surface area contributed by atoms with E-state index < -0.39 is 10.0 Å². The lowest BCUT2D eigenvalue weighted by Gasteiger charge is -2.04. The molecule has 0 saturated carbocycles. The molecule has 1 aromatic heterocycles. The molecule has 0 unspecified atom stereocenters. The fraction of sp³-hybridized carbons (Fsp3) is 0.0588. The van der Waals surface area contributed by atoms with Crippen LogP contribution in [-0.2, 0) is 10.0 Å². The molecule has 2 aromatic carbocycles. The largest absolute Gasteiger partial charge is 0.298 e. The van der Waals surface area contributed by atoms with Crippen LogP contribution >= 0.6 is 22.9 Å². The van der Waals surface area contributed by atoms with Crippen LogP contribution in [0, 0.1) is 0 Å². The molecule has 0 aliphatic rings. The van der Waals surface area contributed by atoms with Gasteiger partial charge in [0.05, 0.1) is 22.5 Å². The van der Waals surface area contributed by atoms with Crippen LogP contribution in [-0.4, -0.2) is 25.6 Å². The summed E-state index contributed by atoms with van der Waals surface area (Å²) >= 11 is 7.31. The molecule has 0 bridgehead atoms. The molecule has 0 spiro atoms. The molecular weight excluding hydrogens is 394 g/mol. The second-order valence-corrected chi connectivity index (χ2v) is 8.44. The highest BCUT2D eigenvalue weighted by atomic mass is 35.5. The quantitative estimate of drug-likeness (QED) is 0.666. The Kier molecular flexibility index (Phi) is 5.26. The van der Waals surface area contributed by atoms with Crippen molar-refractivity contribution < 1.29 is 13.2 Å². The van der Waals surface area contributed by atoms with Gasteiger partial charge in [0.15, 0.2) is 5.13 Å². The molecule has 0 saturated heterocycles. The predicted octanol–water partition coefficient (Wildman–Crippen LogP) is 4.09. The summed E-state index contributed by atoms with van der Waals surface area (Å²) in [7, 11) is -3.32. The first-order valence-corrected chi connectivity index (χ1v) is 10.6. The van der Waals surface area contributed by atoms with Gasteiger partial charge in [-0.3, -0.25) is 14.8 Å². The predicted molar refractivity (Wildman–Crippen MR) is 105 cm³/mol. The first kappa shape index (κ1) is 18.4. The maximum Gasteiger partial charge on any atom is 0.258 e. The Hall–Kier alpha value is -2.42. The smallest absolute Gasteiger partial charge is 0.258 e. The van der Waals surface area contributed by atoms with Gasteiger partial charge < -0.3 is 0 Å². The Morgan fingerprint density at radius 2 is 1.81 bits per heavy atom. The standard InChI is InChI=1S/C17H14ClN3O3S2/c1-26(23,24)21-12-8-6-11(7-9-12)15-10-25-17(19-15)20-16(22)13-4-2-3-5-14(13)18/h2-10,21H,1H3,(H,19,20,22). The highest BCUT2D eigenvalue weighted by Gasteiger charge is 2.12. The van der Waals surface area contributed by atoms with Crippen molar-refractivity contribution in [3.05, 3.63) is 64.5 Å². The van der Waals surface area contributed by atoms with Gasteiger partial charge in [-0.15, -0.1) is 11.3 Å². The van der Waals surface area contributed by atoms with E-state index in [9.17, 15) is 13.2 Å². The van der Waals surface area contributed by atoms with Gasteiger partial charge in [-0.2, -0.15) is 0 Å². The monoisotopic (exact) mass is 407 g/mol. The zero-order chi connectivity index (χ0) is 18.7. The number of carbonyl (C=O) groups is 1. The Balaban J connectivity index is 1.74. The number of aromatic nitrogens is 1. The topological polar surface area (TPSA) is 88.2 Å². The SMILES string of the molecule is CS(=O)(=O)Nc1ccc(-c2csc(NC(=O)c3ccccc3Cl)n2)cc1. The highest BCUT2D eigenvalue weighted by Crippen LogP contribution is 2.27. The van der Waals surface area contributed by atoms with Crippen molar-refractivity contribution >= 4 is 49.7 Å². The Bertz CT molecular complexity index is 1050. The fourth-order valence-corrected chi connectivity index (χ4v) is 3.70. The molecular formula is C17H14ClN3O3S2. The normalized spacial score (nSPS) is 11.2. The number of benzene rings is 2. The average Bonchev–Trinajstić information content (AvgIpc) is 3.03. The lowest BCUT2D eigenvalue weighted by atomic mass is 10.1. The molecule has 0 radical (unpaired) electrons. The molecule has 1 heterocycles. The van der Waals surface area contributed by atoms with Crippen LogP contribution in [0.2, 0.25) is 5.02 Å². The van der Waals surface area contributed by atoms with Gasteiger partial charge in [-0.1, -0.05) is 35.9 Å². The number of hydrogen-bond acceptors (Lipinski definition) is 5. The molecule has 26 heavy (non-hydrogen) atoms. The number of thiazole rings is 1. The van der Waals surface area contributed by atoms with Crippen LogP contribution in [0.3, 0.4) is 0 Å². The van der Waals surface area contributed by atoms with Gasteiger partial charge in [0, 0.05) is 16.6 Å². The molecule has 3 rings (SSSR count). The third kappa shape index (κ3) is 4.60. The number of nitrogens with zero attached hydrogens (tertiary/aromatic N) is 1. The lowest BCUT2D eigenvalue weighted by molar-refractivity contribution is 0.102. The van der Waals surface area contributed by atoms with Gasteiger partial charge in [-0.05, 0) is 24.3 Å². The van der Waals surface area contributed by atoms with Crippen LogP contribution in [0.5, 0.6) is 0 Å². The number of rotatable bonds is 5. The van der Waals surface area contributed by atoms with E-state index in [-0.39, 0.29) is 5.91 Å². The number of amides is 1. The van der Waals surface area contributed by atoms with Crippen molar-refractivity contribution in [2.45, 2.75) is 0 Å². The summed E-state index contributed by atoms with van der Waals surface area (Å²) in [5.41, 5.74) is 2.33. The number of hydrogen-bond donors (Lipinski definition) is 2. The zero-order valence-electron chi connectivity index (χ0n) is 13.6. The van der Waals surface area contributed by atoms with E-state index in [1.54, 1.807) is 53.9 Å². The van der Waals surface area contributed by atoms with Crippen molar-refractivity contribution in [1.82, 2.24) is 4.98 Å². The fourth-order valence-electron chi connectivity index (χ4n) is 2.20. The Labute approximate surface area is 159 Å². The summed E-state index contributed by atoms with van der Waals surface area (Å²) in [6.45, 7) is 0. The minimum Gasteiger partial charge on any atom is -0.298 e. The average molecular weight is 408 g/mol. The number of sulfonamides is 1. The van der Waals surface area contributed by atoms with E-state index in [0.717, 1.165) is 11.8 Å². The summed E-state index contributed by atoms with van der Waals surface area (Å²) in [6, 6.07) is 13.6. The molecule has 6 nitrogen and oxygen atoms in total. The van der Waals surface area contributed by atoms with Gasteiger partial charge in [0.2, 0.25) is 10.0 Å². The van der Waals surface area contributed by atoms with E-state index in [1.165, 1.54) is 11.3 Å². The second-order valence-electron chi connectivity index (χ2n) is 5.42. The molecule has 9 heteroatoms. The van der Waals surface area contributed by atoms with Crippen LogP contribution in [0.1, 0.15) is 10.4 Å². The maximum absolute atomic E-state index is 12.3. The van der Waals surface area contributed by atoms with Crippen LogP contribution in [0.4, 0.5) is 10.8 Å². The van der Waals surface area contributed by atoms with Crippen molar-refractivity contribution in [2.75, 3.05) is 16.3 Å². The van der Waals surface area contributed by atoms with Gasteiger partial charge >= 0.3 is 0 Å². The minimum absolute atomic E-state index is 0.329. The third-order valence-corrected chi connectivity index (χ3v) is 5.02. The summed E-state index contributed by atoms with van der Waals surface area (Å²) in [4.78, 5) is 16.6. The second kappa shape index (κ2) is 7.45. The van der Waals surface area contributed by atoms with Crippen LogP contribution < -0.4 is 10.0 Å². The summed E-state index contributed by atoms with van der Waals surface area (Å²) < 4.78 is 24.9. The van der Waals surface area contributed by atoms with Crippen LogP contribution in [0.15, 0.2) is 53.9 Å². The minimum atomic E-state index is -3.32. The Morgan fingerprint density at radius 3 is 2.46 bits per heavy atom. The van der Waals surface area contributed by atoms with Gasteiger partial charge in [-0.25, -0.2) is 13.4 Å². The molecule has 2 N–H and O–H groups in total. The molecule has 1 amide bonds. The van der Waals surface area contributed by atoms with E-state index in [2.05, 4.69) is 15.0 Å². The molecule has 0 aliphatic heterocycles. The number of carbonyl (C=O) groups excluding carboxylic acids is 1. The number of halogens is 1. The van der Waals surface area contributed by atoms with Crippen molar-refractivity contribution in [2.24, 2.45) is 0 Å². The van der Waals surface area contributed by atoms with E-state index in [0.29, 0.717) is 27.1 Å². The van der Waals surface area contributed by atoms with E-state index in [1.807, 2.05) is 0 Å². The summed E-state index contributed by atoms with van der Waals surface area (Å²) in [5, 5.41) is 5.35. The lowest BCUT2D eigenvalue weighted by Crippen LogP contribution is -2.12. The molecule has 134 valence electrons. The van der Waals surface area contributed by atoms with Crippen molar-refractivity contribution in [1.29, 1.82) is 0 Å². The first-order valence-electron chi connectivity index (χ1n) is 7.41. The van der Waals surface area contributed by atoms with Gasteiger partial charge in [0.25, 0.3) is 5.91 Å². The molecule has 0 fully saturated rings. The van der Waals surface area contributed by atoms with Crippen molar-refractivity contribution in [3.63, 3.8) is 0 Å². The summed E-state index contributed by atoms with van der Waals surface area (Å²) in [6.07, 6.45) is 1.09. The van der Waals surface area contributed by atoms with Crippen LogP contribution in [0.25, 0.3) is 11.3 Å². The van der Waals surface area contributed by atoms with Crippen molar-refractivity contribution in [3.8, 4) is 11.3 Å². The third-order valence-electron chi connectivity index (χ3n) is 3.33. The maximum atomic E-state index is 12.3. The molecule has 0 aliphatic carbocycles. The Morgan fingerprint density at radius 1 is 1.12 bits per heavy atom. The molecule has 3 aromatic rings. The molecule has 0 atom stereocenters. The number of anilines is 2. The zero-order valence-corrected chi connectivity index (χ0v) is 16.0. The summed E-state index contributed by atoms with van der Waals surface area (Å²) in [5.74, 6) is -0.329.